The van der Waals surface area contributed by atoms with Crippen LogP contribution in [0.1, 0.15) is 134 Å². The maximum absolute atomic E-state index is 11.1. The fourth-order valence-corrected chi connectivity index (χ4v) is 8.02. The highest BCUT2D eigenvalue weighted by molar-refractivity contribution is 6.33. The molecule has 8 heterocycles. The van der Waals surface area contributed by atoms with E-state index in [1.807, 2.05) is 62.0 Å². The topological polar surface area (TPSA) is 141 Å². The molecule has 0 saturated carbocycles. The van der Waals surface area contributed by atoms with Crippen molar-refractivity contribution in [3.8, 4) is 0 Å². The summed E-state index contributed by atoms with van der Waals surface area (Å²) in [7, 11) is 0. The van der Waals surface area contributed by atoms with Crippen molar-refractivity contribution in [1.29, 1.82) is 0 Å². The van der Waals surface area contributed by atoms with Gasteiger partial charge < -0.3 is 28.3 Å². The van der Waals surface area contributed by atoms with Gasteiger partial charge in [-0.2, -0.15) is 4.73 Å². The number of halogens is 1. The predicted octanol–water partition coefficient (Wildman–Crippen LogP) is 12.3. The van der Waals surface area contributed by atoms with Crippen LogP contribution in [0.15, 0.2) is 86.8 Å². The molecule has 8 rings (SSSR count). The summed E-state index contributed by atoms with van der Waals surface area (Å²) in [4.78, 5) is 32.9. The Hall–Kier alpha value is -5.94. The smallest absolute Gasteiger partial charge is 0.297 e. The molecule has 8 aromatic heterocycles. The standard InChI is InChI=1S/C13H16N4.C12H16ClN3.C12H17N3O.C12H17N3/c1-5-13(3,6-2)17-9-16-11-10(17)7-8-15-12(11)14-4;1-4-12(3,5-2)16-8-15-10-9(16)6-7-14-11(10)13;1-4-12(3,5-2)15-9-13-10-8-14(16)7-6-11(10)15;1-4-12(3,5-2)15-9-14-10-8-13-7-6-11(10)15/h7-9H,5-6H2,1-3H3;6-8H,4-5H2,1-3H3;6-9H,4-5H2,1-3H3;6-9H,4-5H2,1-3H3. The van der Waals surface area contributed by atoms with Crippen LogP contribution >= 0.6 is 11.6 Å². The molecule has 0 atom stereocenters. The molecule has 0 N–H and O–H groups in total. The second-order valence-corrected chi connectivity index (χ2v) is 17.7. The van der Waals surface area contributed by atoms with E-state index < -0.39 is 0 Å². The van der Waals surface area contributed by atoms with E-state index in [2.05, 4.69) is 141 Å². The minimum atomic E-state index is 0.0510. The van der Waals surface area contributed by atoms with Crippen LogP contribution in [0.5, 0.6) is 0 Å². The molecule has 15 heteroatoms. The molecule has 0 aliphatic rings. The lowest BCUT2D eigenvalue weighted by molar-refractivity contribution is -0.604. The van der Waals surface area contributed by atoms with Gasteiger partial charge in [0.2, 0.25) is 6.20 Å². The lowest BCUT2D eigenvalue weighted by atomic mass is 9.95. The molecule has 0 radical (unpaired) electrons. The van der Waals surface area contributed by atoms with Gasteiger partial charge in [0, 0.05) is 46.7 Å². The van der Waals surface area contributed by atoms with Gasteiger partial charge in [0.1, 0.15) is 22.7 Å². The van der Waals surface area contributed by atoms with Crippen molar-refractivity contribution in [3.05, 3.63) is 109 Å². The summed E-state index contributed by atoms with van der Waals surface area (Å²) < 4.78 is 9.59. The maximum Gasteiger partial charge on any atom is 0.297 e. The summed E-state index contributed by atoms with van der Waals surface area (Å²) in [5, 5.41) is 11.6. The van der Waals surface area contributed by atoms with Gasteiger partial charge in [0.25, 0.3) is 5.82 Å². The number of imidazole rings is 4. The largest absolute Gasteiger partial charge is 0.619 e. The van der Waals surface area contributed by atoms with Crippen LogP contribution in [0.2, 0.25) is 5.15 Å². The highest BCUT2D eigenvalue weighted by Crippen LogP contribution is 2.33. The normalized spacial score (nSPS) is 12.1. The molecule has 0 aromatic carbocycles. The SMILES string of the molecule is CCC(C)(CC)n1cnc2c(Cl)nccc21.CCC(C)(CC)n1cnc2c[n+]([O-])ccc21.CCC(C)(CC)n1cnc2cnccc21.[C-]#[N+]c1nccc2c1ncn2C(C)(CC)CC. The van der Waals surface area contributed by atoms with Gasteiger partial charge in [-0.25, -0.2) is 24.9 Å². The van der Waals surface area contributed by atoms with Crippen LogP contribution in [-0.4, -0.2) is 53.2 Å². The van der Waals surface area contributed by atoms with Crippen LogP contribution in [-0.2, 0) is 22.2 Å². The maximum atomic E-state index is 11.1. The van der Waals surface area contributed by atoms with Gasteiger partial charge in [-0.1, -0.05) is 73.6 Å². The third-order valence-electron chi connectivity index (χ3n) is 14.2. The summed E-state index contributed by atoms with van der Waals surface area (Å²) in [6.45, 7) is 33.5. The summed E-state index contributed by atoms with van der Waals surface area (Å²) in [6.07, 6.45) is 26.0. The Balaban J connectivity index is 0.000000161. The Bertz CT molecular complexity index is 2790. The number of rotatable bonds is 12. The van der Waals surface area contributed by atoms with E-state index in [4.69, 9.17) is 18.2 Å². The second kappa shape index (κ2) is 20.7. The zero-order valence-corrected chi connectivity index (χ0v) is 40.6. The molecule has 0 saturated heterocycles. The average Bonchev–Trinajstić information content (AvgIpc) is 4.17. The van der Waals surface area contributed by atoms with Crippen LogP contribution in [0.25, 0.3) is 49.0 Å². The molecule has 0 fully saturated rings. The quantitative estimate of drug-likeness (QED) is 0.0511. The molecule has 0 aliphatic heterocycles. The minimum absolute atomic E-state index is 0.0510. The average molecular weight is 889 g/mol. The highest BCUT2D eigenvalue weighted by Gasteiger charge is 2.27. The van der Waals surface area contributed by atoms with Crippen molar-refractivity contribution in [1.82, 2.24) is 53.2 Å². The van der Waals surface area contributed by atoms with E-state index in [0.717, 1.165) is 89.2 Å². The summed E-state index contributed by atoms with van der Waals surface area (Å²) >= 11 is 6.02. The van der Waals surface area contributed by atoms with E-state index in [0.29, 0.717) is 16.5 Å². The van der Waals surface area contributed by atoms with E-state index in [-0.39, 0.29) is 22.2 Å². The number of hydrogen-bond donors (Lipinski definition) is 0. The van der Waals surface area contributed by atoms with Gasteiger partial charge in [0.15, 0.2) is 16.9 Å². The van der Waals surface area contributed by atoms with E-state index >= 15 is 0 Å². The molecule has 0 bridgehead atoms. The van der Waals surface area contributed by atoms with Gasteiger partial charge in [-0.15, -0.1) is 4.98 Å². The number of nitrogens with zero attached hydrogens (tertiary/aromatic N) is 13. The van der Waals surface area contributed by atoms with Crippen molar-refractivity contribution in [2.24, 2.45) is 0 Å². The zero-order valence-electron chi connectivity index (χ0n) is 39.8. The van der Waals surface area contributed by atoms with Gasteiger partial charge in [0.05, 0.1) is 53.6 Å². The van der Waals surface area contributed by atoms with Crippen LogP contribution in [0, 0.1) is 11.8 Å². The third-order valence-corrected chi connectivity index (χ3v) is 14.5. The molecular weight excluding hydrogens is 822 g/mol. The Morgan fingerprint density at radius 3 is 1.45 bits per heavy atom. The van der Waals surface area contributed by atoms with Gasteiger partial charge in [-0.3, -0.25) is 4.98 Å². The summed E-state index contributed by atoms with van der Waals surface area (Å²) in [6, 6.07) is 7.77. The van der Waals surface area contributed by atoms with Crippen molar-refractivity contribution in [3.63, 3.8) is 0 Å². The fourth-order valence-electron chi connectivity index (χ4n) is 7.81. The number of pyridine rings is 4. The van der Waals surface area contributed by atoms with Gasteiger partial charge in [-0.05, 0) is 91.2 Å². The van der Waals surface area contributed by atoms with Crippen LogP contribution in [0.3, 0.4) is 0 Å². The lowest BCUT2D eigenvalue weighted by Crippen LogP contribution is -2.28. The van der Waals surface area contributed by atoms with Crippen molar-refractivity contribution >= 4 is 61.6 Å². The third kappa shape index (κ3) is 9.75. The van der Waals surface area contributed by atoms with Crippen molar-refractivity contribution < 1.29 is 4.73 Å². The monoisotopic (exact) mass is 888 g/mol. The molecule has 8 aromatic rings. The Kier molecular flexibility index (Phi) is 15.9. The first-order chi connectivity index (χ1) is 30.6. The Morgan fingerprint density at radius 2 is 0.953 bits per heavy atom. The molecule has 64 heavy (non-hydrogen) atoms. The lowest BCUT2D eigenvalue weighted by Gasteiger charge is -2.29. The zero-order chi connectivity index (χ0) is 46.9. The number of fused-ring (bicyclic) bond motifs is 4. The molecular formula is C49H66ClN13O. The molecule has 14 nitrogen and oxygen atoms in total. The minimum Gasteiger partial charge on any atom is -0.619 e. The van der Waals surface area contributed by atoms with E-state index in [9.17, 15) is 5.21 Å². The first-order valence-corrected chi connectivity index (χ1v) is 23.0. The number of hydrogen-bond acceptors (Lipinski definition) is 8. The molecule has 340 valence electrons. The first-order valence-electron chi connectivity index (χ1n) is 22.6. The molecule has 0 spiro atoms. The summed E-state index contributed by atoms with van der Waals surface area (Å²) in [5.41, 5.74) is 7.87. The molecule has 0 amide bonds. The highest BCUT2D eigenvalue weighted by atomic mass is 35.5. The summed E-state index contributed by atoms with van der Waals surface area (Å²) in [5.74, 6) is 0.385. The predicted molar refractivity (Wildman–Crippen MR) is 259 cm³/mol. The Morgan fingerprint density at radius 1 is 0.547 bits per heavy atom. The first kappa shape index (κ1) is 49.1. The molecule has 0 aliphatic carbocycles. The molecule has 0 unspecified atom stereocenters. The van der Waals surface area contributed by atoms with Crippen molar-refractivity contribution in [2.45, 2.75) is 157 Å². The van der Waals surface area contributed by atoms with Gasteiger partial charge >= 0.3 is 0 Å². The Labute approximate surface area is 383 Å². The van der Waals surface area contributed by atoms with E-state index in [1.54, 1.807) is 12.4 Å². The fraction of sp³-hybridized carbons (Fsp3) is 0.490. The number of aromatic nitrogens is 12. The van der Waals surface area contributed by atoms with Crippen molar-refractivity contribution in [2.75, 3.05) is 0 Å². The van der Waals surface area contributed by atoms with Crippen LogP contribution in [0.4, 0.5) is 5.82 Å². The van der Waals surface area contributed by atoms with Crippen LogP contribution < -0.4 is 4.73 Å². The van der Waals surface area contributed by atoms with E-state index in [1.165, 1.54) is 17.9 Å². The second-order valence-electron chi connectivity index (χ2n) is 17.3.